The van der Waals surface area contributed by atoms with Gasteiger partial charge in [-0.05, 0) is 44.9 Å². The van der Waals surface area contributed by atoms with Crippen LogP contribution in [0.25, 0.3) is 22.2 Å². The van der Waals surface area contributed by atoms with Crippen LogP contribution in [-0.4, -0.2) is 58.1 Å². The van der Waals surface area contributed by atoms with Crippen LogP contribution in [0, 0.1) is 12.8 Å². The van der Waals surface area contributed by atoms with Crippen LogP contribution in [0.3, 0.4) is 0 Å². The molecule has 0 unspecified atom stereocenters. The van der Waals surface area contributed by atoms with Gasteiger partial charge in [0, 0.05) is 36.0 Å². The molecule has 0 aromatic carbocycles. The SMILES string of the molecule is Cc1ncc(-c2cnc3cnc(NC(=O)C4CCC(N(C)C5COC5)CC4)cc3c2)o1. The van der Waals surface area contributed by atoms with Gasteiger partial charge in [0.25, 0.3) is 0 Å². The van der Waals surface area contributed by atoms with Crippen molar-refractivity contribution in [1.29, 1.82) is 0 Å². The second-order valence-electron chi connectivity index (χ2n) is 8.58. The lowest BCUT2D eigenvalue weighted by Crippen LogP contribution is -2.52. The molecule has 5 rings (SSSR count). The van der Waals surface area contributed by atoms with Crippen LogP contribution >= 0.6 is 0 Å². The maximum atomic E-state index is 12.8. The molecule has 0 spiro atoms. The molecule has 1 aliphatic carbocycles. The first kappa shape index (κ1) is 20.1. The Morgan fingerprint density at radius 3 is 2.52 bits per heavy atom. The van der Waals surface area contributed by atoms with Crippen molar-refractivity contribution in [2.75, 3.05) is 25.6 Å². The largest absolute Gasteiger partial charge is 0.441 e. The number of nitrogens with zero attached hydrogens (tertiary/aromatic N) is 4. The van der Waals surface area contributed by atoms with E-state index in [0.29, 0.717) is 29.6 Å². The Bertz CT molecular complexity index is 1090. The van der Waals surface area contributed by atoms with Crippen LogP contribution in [0.1, 0.15) is 31.6 Å². The van der Waals surface area contributed by atoms with E-state index in [2.05, 4.69) is 32.2 Å². The van der Waals surface area contributed by atoms with Gasteiger partial charge in [-0.3, -0.25) is 14.7 Å². The minimum Gasteiger partial charge on any atom is -0.441 e. The molecule has 1 aliphatic heterocycles. The highest BCUT2D eigenvalue weighted by Gasteiger charge is 2.33. The molecule has 3 aromatic rings. The molecule has 1 amide bonds. The van der Waals surface area contributed by atoms with Gasteiger partial charge in [0.2, 0.25) is 5.91 Å². The molecule has 1 saturated carbocycles. The fourth-order valence-electron chi connectivity index (χ4n) is 4.46. The van der Waals surface area contributed by atoms with Crippen LogP contribution in [-0.2, 0) is 9.53 Å². The smallest absolute Gasteiger partial charge is 0.228 e. The summed E-state index contributed by atoms with van der Waals surface area (Å²) in [7, 11) is 2.18. The number of carbonyl (C=O) groups excluding carboxylic acids is 1. The topological polar surface area (TPSA) is 93.4 Å². The summed E-state index contributed by atoms with van der Waals surface area (Å²) in [6.45, 7) is 3.47. The van der Waals surface area contributed by atoms with Crippen molar-refractivity contribution in [3.8, 4) is 11.3 Å². The molecule has 8 heteroatoms. The van der Waals surface area contributed by atoms with E-state index < -0.39 is 0 Å². The average molecular weight is 422 g/mol. The first-order valence-corrected chi connectivity index (χ1v) is 10.9. The number of hydrogen-bond acceptors (Lipinski definition) is 7. The van der Waals surface area contributed by atoms with Crippen molar-refractivity contribution >= 4 is 22.6 Å². The highest BCUT2D eigenvalue weighted by atomic mass is 16.5. The van der Waals surface area contributed by atoms with E-state index in [-0.39, 0.29) is 11.8 Å². The lowest BCUT2D eigenvalue weighted by molar-refractivity contribution is -0.121. The zero-order valence-electron chi connectivity index (χ0n) is 17.9. The minimum atomic E-state index is 0.0291. The zero-order valence-corrected chi connectivity index (χ0v) is 17.9. The molecule has 2 fully saturated rings. The van der Waals surface area contributed by atoms with Gasteiger partial charge in [-0.1, -0.05) is 0 Å². The highest BCUT2D eigenvalue weighted by Crippen LogP contribution is 2.30. The van der Waals surface area contributed by atoms with Gasteiger partial charge < -0.3 is 14.5 Å². The standard InChI is InChI=1S/C23H27N5O3/c1-14-24-11-21(31-14)17-7-16-8-22(26-10-20(16)25-9-17)27-23(29)15-3-5-18(6-4-15)28(2)19-12-30-13-19/h7-11,15,18-19H,3-6,12-13H2,1-2H3,(H,26,27,29). The van der Waals surface area contributed by atoms with Crippen LogP contribution in [0.4, 0.5) is 5.82 Å². The quantitative estimate of drug-likeness (QED) is 0.675. The lowest BCUT2D eigenvalue weighted by atomic mass is 9.84. The molecular formula is C23H27N5O3. The number of pyridine rings is 2. The summed E-state index contributed by atoms with van der Waals surface area (Å²) < 4.78 is 10.9. The molecule has 0 radical (unpaired) electrons. The number of aromatic nitrogens is 3. The molecule has 2 aliphatic rings. The second-order valence-corrected chi connectivity index (χ2v) is 8.58. The summed E-state index contributed by atoms with van der Waals surface area (Å²) in [5.41, 5.74) is 1.61. The first-order valence-electron chi connectivity index (χ1n) is 10.9. The number of carbonyl (C=O) groups is 1. The third-order valence-corrected chi connectivity index (χ3v) is 6.56. The monoisotopic (exact) mass is 421 g/mol. The summed E-state index contributed by atoms with van der Waals surface area (Å²) in [6.07, 6.45) is 9.01. The van der Waals surface area contributed by atoms with Gasteiger partial charge in [-0.15, -0.1) is 0 Å². The molecule has 0 bridgehead atoms. The Kier molecular flexibility index (Phi) is 5.41. The summed E-state index contributed by atoms with van der Waals surface area (Å²) >= 11 is 0. The van der Waals surface area contributed by atoms with Crippen molar-refractivity contribution in [2.45, 2.75) is 44.7 Å². The van der Waals surface area contributed by atoms with Crippen LogP contribution in [0.2, 0.25) is 0 Å². The highest BCUT2D eigenvalue weighted by molar-refractivity contribution is 5.94. The number of likely N-dealkylation sites (N-methyl/N-ethyl adjacent to an activating group) is 1. The van der Waals surface area contributed by atoms with E-state index in [1.807, 2.05) is 19.1 Å². The minimum absolute atomic E-state index is 0.0291. The van der Waals surface area contributed by atoms with E-state index in [4.69, 9.17) is 9.15 Å². The normalized spacial score (nSPS) is 21.9. The van der Waals surface area contributed by atoms with Crippen molar-refractivity contribution in [1.82, 2.24) is 19.9 Å². The van der Waals surface area contributed by atoms with Crippen molar-refractivity contribution in [2.24, 2.45) is 5.92 Å². The molecule has 1 N–H and O–H groups in total. The zero-order chi connectivity index (χ0) is 21.4. The van der Waals surface area contributed by atoms with Crippen molar-refractivity contribution in [3.05, 3.63) is 36.6 Å². The van der Waals surface area contributed by atoms with E-state index in [0.717, 1.165) is 55.4 Å². The molecule has 8 nitrogen and oxygen atoms in total. The molecular weight excluding hydrogens is 394 g/mol. The van der Waals surface area contributed by atoms with Gasteiger partial charge in [0.15, 0.2) is 11.7 Å². The van der Waals surface area contributed by atoms with Gasteiger partial charge in [-0.25, -0.2) is 9.97 Å². The summed E-state index contributed by atoms with van der Waals surface area (Å²) in [5.74, 6) is 1.91. The van der Waals surface area contributed by atoms with E-state index in [1.54, 1.807) is 18.6 Å². The summed E-state index contributed by atoms with van der Waals surface area (Å²) in [4.78, 5) is 28.3. The Morgan fingerprint density at radius 2 is 1.84 bits per heavy atom. The fraction of sp³-hybridized carbons (Fsp3) is 0.478. The Balaban J connectivity index is 1.24. The number of rotatable bonds is 5. The Morgan fingerprint density at radius 1 is 1.03 bits per heavy atom. The third kappa shape index (κ3) is 4.18. The molecule has 31 heavy (non-hydrogen) atoms. The number of aryl methyl sites for hydroxylation is 1. The number of amides is 1. The molecule has 3 aromatic heterocycles. The van der Waals surface area contributed by atoms with E-state index >= 15 is 0 Å². The number of nitrogens with one attached hydrogen (secondary N) is 1. The van der Waals surface area contributed by atoms with Crippen LogP contribution in [0.15, 0.2) is 35.1 Å². The molecule has 4 heterocycles. The third-order valence-electron chi connectivity index (χ3n) is 6.56. The first-order chi connectivity index (χ1) is 15.1. The number of anilines is 1. The van der Waals surface area contributed by atoms with Crippen molar-refractivity contribution < 1.29 is 13.9 Å². The Hall–Kier alpha value is -2.84. The number of ether oxygens (including phenoxy) is 1. The molecule has 0 atom stereocenters. The maximum absolute atomic E-state index is 12.8. The summed E-state index contributed by atoms with van der Waals surface area (Å²) in [6, 6.07) is 4.92. The van der Waals surface area contributed by atoms with E-state index in [1.165, 1.54) is 0 Å². The Labute approximate surface area is 181 Å². The van der Waals surface area contributed by atoms with E-state index in [9.17, 15) is 4.79 Å². The van der Waals surface area contributed by atoms with Gasteiger partial charge in [0.1, 0.15) is 5.82 Å². The summed E-state index contributed by atoms with van der Waals surface area (Å²) in [5, 5.41) is 3.90. The van der Waals surface area contributed by atoms with Gasteiger partial charge in [0.05, 0.1) is 37.2 Å². The fourth-order valence-corrected chi connectivity index (χ4v) is 4.46. The van der Waals surface area contributed by atoms with Crippen LogP contribution < -0.4 is 5.32 Å². The number of hydrogen-bond donors (Lipinski definition) is 1. The predicted molar refractivity (Wildman–Crippen MR) is 117 cm³/mol. The number of fused-ring (bicyclic) bond motifs is 1. The predicted octanol–water partition coefficient (Wildman–Crippen LogP) is 3.42. The molecule has 1 saturated heterocycles. The second kappa shape index (κ2) is 8.36. The average Bonchev–Trinajstić information content (AvgIpc) is 3.18. The molecule has 162 valence electrons. The van der Waals surface area contributed by atoms with Crippen molar-refractivity contribution in [3.63, 3.8) is 0 Å². The van der Waals surface area contributed by atoms with Gasteiger partial charge in [-0.2, -0.15) is 0 Å². The van der Waals surface area contributed by atoms with Crippen LogP contribution in [0.5, 0.6) is 0 Å². The lowest BCUT2D eigenvalue weighted by Gasteiger charge is -2.42. The maximum Gasteiger partial charge on any atom is 0.228 e. The van der Waals surface area contributed by atoms with Gasteiger partial charge >= 0.3 is 0 Å². The number of oxazole rings is 1.